The van der Waals surface area contributed by atoms with E-state index in [1.165, 1.54) is 4.80 Å². The van der Waals surface area contributed by atoms with Crippen LogP contribution in [0.4, 0.5) is 0 Å². The maximum atomic E-state index is 11.0. The van der Waals surface area contributed by atoms with Gasteiger partial charge in [0.2, 0.25) is 5.91 Å². The molecule has 3 N–H and O–H groups in total. The minimum absolute atomic E-state index is 0.0634. The van der Waals surface area contributed by atoms with Crippen LogP contribution < -0.4 is 11.1 Å². The zero-order chi connectivity index (χ0) is 9.97. The van der Waals surface area contributed by atoms with Crippen LogP contribution in [-0.2, 0) is 11.3 Å². The van der Waals surface area contributed by atoms with E-state index in [2.05, 4.69) is 15.5 Å². The minimum Gasteiger partial charge on any atom is -0.352 e. The summed E-state index contributed by atoms with van der Waals surface area (Å²) in [5, 5.41) is 10.8. The van der Waals surface area contributed by atoms with Gasteiger partial charge in [-0.25, -0.2) is 0 Å². The SMILES string of the molecule is N[C@H](Cn1nccn1)[C@H]1CCC(=O)N1. The molecule has 0 bridgehead atoms. The molecule has 6 heteroatoms. The Morgan fingerprint density at radius 1 is 1.64 bits per heavy atom. The smallest absolute Gasteiger partial charge is 0.220 e. The molecule has 0 unspecified atom stereocenters. The molecule has 0 saturated carbocycles. The number of amides is 1. The lowest BCUT2D eigenvalue weighted by Crippen LogP contribution is -2.45. The average molecular weight is 195 g/mol. The van der Waals surface area contributed by atoms with Crippen LogP contribution in [0.5, 0.6) is 0 Å². The standard InChI is InChI=1S/C8H13N5O/c9-6(5-13-10-3-4-11-13)7-1-2-8(14)12-7/h3-4,6-7H,1-2,5,9H2,(H,12,14)/t6-,7-/m1/s1. The Labute approximate surface area is 81.5 Å². The Morgan fingerprint density at radius 3 is 2.93 bits per heavy atom. The Balaban J connectivity index is 1.89. The van der Waals surface area contributed by atoms with Crippen LogP contribution in [0.15, 0.2) is 12.4 Å². The predicted molar refractivity (Wildman–Crippen MR) is 49.2 cm³/mol. The first-order valence-corrected chi connectivity index (χ1v) is 4.65. The van der Waals surface area contributed by atoms with Gasteiger partial charge < -0.3 is 11.1 Å². The van der Waals surface area contributed by atoms with Crippen LogP contribution in [0.2, 0.25) is 0 Å². The summed E-state index contributed by atoms with van der Waals surface area (Å²) in [6.07, 6.45) is 4.60. The van der Waals surface area contributed by atoms with Crippen LogP contribution >= 0.6 is 0 Å². The van der Waals surface area contributed by atoms with Gasteiger partial charge in [-0.05, 0) is 6.42 Å². The van der Waals surface area contributed by atoms with E-state index in [1.54, 1.807) is 12.4 Å². The molecule has 1 aliphatic rings. The van der Waals surface area contributed by atoms with E-state index in [9.17, 15) is 4.79 Å². The van der Waals surface area contributed by atoms with Crippen molar-refractivity contribution in [2.45, 2.75) is 31.5 Å². The quantitative estimate of drug-likeness (QED) is 0.640. The van der Waals surface area contributed by atoms with Crippen molar-refractivity contribution >= 4 is 5.91 Å². The van der Waals surface area contributed by atoms with Crippen molar-refractivity contribution in [2.24, 2.45) is 5.73 Å². The number of carbonyl (C=O) groups excluding carboxylic acids is 1. The molecule has 2 heterocycles. The summed E-state index contributed by atoms with van der Waals surface area (Å²) >= 11 is 0. The van der Waals surface area contributed by atoms with Gasteiger partial charge in [0.05, 0.1) is 18.9 Å². The molecule has 0 spiro atoms. The van der Waals surface area contributed by atoms with Crippen molar-refractivity contribution in [3.63, 3.8) is 0 Å². The Morgan fingerprint density at radius 2 is 2.36 bits per heavy atom. The van der Waals surface area contributed by atoms with E-state index >= 15 is 0 Å². The van der Waals surface area contributed by atoms with Gasteiger partial charge in [0, 0.05) is 18.5 Å². The van der Waals surface area contributed by atoms with Crippen LogP contribution in [0, 0.1) is 0 Å². The fraction of sp³-hybridized carbons (Fsp3) is 0.625. The van der Waals surface area contributed by atoms with E-state index in [0.717, 1.165) is 6.42 Å². The first kappa shape index (κ1) is 9.14. The summed E-state index contributed by atoms with van der Waals surface area (Å²) in [4.78, 5) is 12.5. The van der Waals surface area contributed by atoms with E-state index < -0.39 is 0 Å². The molecule has 1 aromatic rings. The topological polar surface area (TPSA) is 85.8 Å². The molecule has 14 heavy (non-hydrogen) atoms. The number of aromatic nitrogens is 3. The number of hydrogen-bond acceptors (Lipinski definition) is 4. The summed E-state index contributed by atoms with van der Waals surface area (Å²) in [6, 6.07) is -0.0534. The first-order valence-electron chi connectivity index (χ1n) is 4.65. The minimum atomic E-state index is -0.117. The Bertz CT molecular complexity index is 310. The van der Waals surface area contributed by atoms with Crippen molar-refractivity contribution in [1.29, 1.82) is 0 Å². The van der Waals surface area contributed by atoms with Crippen LogP contribution in [0.1, 0.15) is 12.8 Å². The second-order valence-corrected chi connectivity index (χ2v) is 3.46. The number of rotatable bonds is 3. The van der Waals surface area contributed by atoms with E-state index in [4.69, 9.17) is 5.73 Å². The fourth-order valence-electron chi connectivity index (χ4n) is 1.61. The summed E-state index contributed by atoms with van der Waals surface area (Å²) in [5.41, 5.74) is 5.92. The van der Waals surface area contributed by atoms with Gasteiger partial charge in [-0.1, -0.05) is 0 Å². The van der Waals surface area contributed by atoms with Crippen LogP contribution in [-0.4, -0.2) is 33.0 Å². The molecule has 1 amide bonds. The van der Waals surface area contributed by atoms with Gasteiger partial charge in [-0.2, -0.15) is 15.0 Å². The molecule has 2 rings (SSSR count). The number of nitrogens with two attached hydrogens (primary N) is 1. The lowest BCUT2D eigenvalue weighted by molar-refractivity contribution is -0.119. The molecule has 1 saturated heterocycles. The maximum Gasteiger partial charge on any atom is 0.220 e. The monoisotopic (exact) mass is 195 g/mol. The van der Waals surface area contributed by atoms with Gasteiger partial charge in [0.15, 0.2) is 0 Å². The van der Waals surface area contributed by atoms with Crippen LogP contribution in [0.3, 0.4) is 0 Å². The molecular weight excluding hydrogens is 182 g/mol. The van der Waals surface area contributed by atoms with Crippen molar-refractivity contribution in [2.75, 3.05) is 0 Å². The first-order chi connectivity index (χ1) is 6.75. The van der Waals surface area contributed by atoms with Crippen molar-refractivity contribution in [1.82, 2.24) is 20.3 Å². The highest BCUT2D eigenvalue weighted by molar-refractivity contribution is 5.78. The predicted octanol–water partition coefficient (Wildman–Crippen LogP) is -1.12. The zero-order valence-corrected chi connectivity index (χ0v) is 7.76. The van der Waals surface area contributed by atoms with Crippen LogP contribution in [0.25, 0.3) is 0 Å². The Kier molecular flexibility index (Phi) is 2.45. The van der Waals surface area contributed by atoms with Gasteiger partial charge >= 0.3 is 0 Å². The highest BCUT2D eigenvalue weighted by Crippen LogP contribution is 2.09. The van der Waals surface area contributed by atoms with Gasteiger partial charge in [0.1, 0.15) is 0 Å². The average Bonchev–Trinajstić information content (AvgIpc) is 2.75. The van der Waals surface area contributed by atoms with Crippen molar-refractivity contribution in [3.05, 3.63) is 12.4 Å². The molecule has 0 aliphatic carbocycles. The maximum absolute atomic E-state index is 11.0. The lowest BCUT2D eigenvalue weighted by Gasteiger charge is -2.17. The molecule has 1 fully saturated rings. The van der Waals surface area contributed by atoms with Gasteiger partial charge in [0.25, 0.3) is 0 Å². The lowest BCUT2D eigenvalue weighted by atomic mass is 10.1. The summed E-state index contributed by atoms with van der Waals surface area (Å²) in [7, 11) is 0. The number of carbonyl (C=O) groups is 1. The molecular formula is C8H13N5O. The van der Waals surface area contributed by atoms with Crippen molar-refractivity contribution in [3.8, 4) is 0 Å². The second-order valence-electron chi connectivity index (χ2n) is 3.46. The highest BCUT2D eigenvalue weighted by Gasteiger charge is 2.26. The van der Waals surface area contributed by atoms with E-state index in [0.29, 0.717) is 13.0 Å². The largest absolute Gasteiger partial charge is 0.352 e. The summed E-state index contributed by atoms with van der Waals surface area (Å²) < 4.78 is 0. The zero-order valence-electron chi connectivity index (χ0n) is 7.76. The fourth-order valence-corrected chi connectivity index (χ4v) is 1.61. The summed E-state index contributed by atoms with van der Waals surface area (Å²) in [6.45, 7) is 0.540. The molecule has 1 aromatic heterocycles. The van der Waals surface area contributed by atoms with Crippen molar-refractivity contribution < 1.29 is 4.79 Å². The third-order valence-electron chi connectivity index (χ3n) is 2.39. The highest BCUT2D eigenvalue weighted by atomic mass is 16.1. The number of hydrogen-bond donors (Lipinski definition) is 2. The molecule has 0 radical (unpaired) electrons. The third kappa shape index (κ3) is 1.90. The van der Waals surface area contributed by atoms with E-state index in [1.807, 2.05) is 0 Å². The normalized spacial score (nSPS) is 23.5. The van der Waals surface area contributed by atoms with E-state index in [-0.39, 0.29) is 18.0 Å². The Hall–Kier alpha value is -1.43. The third-order valence-corrected chi connectivity index (χ3v) is 2.39. The molecule has 1 aliphatic heterocycles. The van der Waals surface area contributed by atoms with Gasteiger partial charge in [-0.3, -0.25) is 4.79 Å². The van der Waals surface area contributed by atoms with Gasteiger partial charge in [-0.15, -0.1) is 0 Å². The molecule has 76 valence electrons. The second kappa shape index (κ2) is 3.75. The number of nitrogens with zero attached hydrogens (tertiary/aromatic N) is 3. The summed E-state index contributed by atoms with van der Waals surface area (Å²) in [5.74, 6) is 0.0823. The molecule has 6 nitrogen and oxygen atoms in total. The molecule has 0 aromatic carbocycles. The molecule has 2 atom stereocenters. The number of nitrogens with one attached hydrogen (secondary N) is 1.